The highest BCUT2D eigenvalue weighted by atomic mass is 16.1. The van der Waals surface area contributed by atoms with E-state index in [4.69, 9.17) is 0 Å². The van der Waals surface area contributed by atoms with Gasteiger partial charge in [-0.1, -0.05) is 6.07 Å². The standard InChI is InChI=1S/C8H11N.C3H6O/c1-6-4-5-7(2)9-8(6)3;1-3(2)4/h4-5H,1-3H3;1-2H3. The molecule has 0 saturated heterocycles. The highest BCUT2D eigenvalue weighted by Gasteiger charge is 1.90. The summed E-state index contributed by atoms with van der Waals surface area (Å²) in [6, 6.07) is 4.12. The number of hydrogen-bond acceptors (Lipinski definition) is 2. The van der Waals surface area contributed by atoms with Crippen LogP contribution in [-0.4, -0.2) is 10.8 Å². The summed E-state index contributed by atoms with van der Waals surface area (Å²) >= 11 is 0. The van der Waals surface area contributed by atoms with Gasteiger partial charge in [0.15, 0.2) is 0 Å². The maximum absolute atomic E-state index is 9.44. The summed E-state index contributed by atoms with van der Waals surface area (Å²) in [4.78, 5) is 13.7. The largest absolute Gasteiger partial charge is 0.300 e. The molecule has 0 aliphatic heterocycles. The van der Waals surface area contributed by atoms with E-state index in [2.05, 4.69) is 18.0 Å². The number of aryl methyl sites for hydroxylation is 3. The topological polar surface area (TPSA) is 30.0 Å². The smallest absolute Gasteiger partial charge is 0.126 e. The normalized spacial score (nSPS) is 8.69. The number of rotatable bonds is 0. The molecule has 0 fully saturated rings. The van der Waals surface area contributed by atoms with Crippen LogP contribution < -0.4 is 0 Å². The third-order valence-electron chi connectivity index (χ3n) is 1.49. The quantitative estimate of drug-likeness (QED) is 0.612. The Labute approximate surface area is 80.0 Å². The Morgan fingerprint density at radius 2 is 1.62 bits per heavy atom. The Kier molecular flexibility index (Phi) is 4.97. The molecule has 1 heterocycles. The zero-order valence-corrected chi connectivity index (χ0v) is 9.01. The molecule has 1 aromatic rings. The van der Waals surface area contributed by atoms with E-state index in [1.807, 2.05) is 19.9 Å². The minimum atomic E-state index is 0.167. The molecule has 0 aliphatic carbocycles. The van der Waals surface area contributed by atoms with E-state index < -0.39 is 0 Å². The third-order valence-corrected chi connectivity index (χ3v) is 1.49. The Balaban J connectivity index is 0.000000310. The maximum atomic E-state index is 9.44. The second-order valence-electron chi connectivity index (χ2n) is 3.26. The van der Waals surface area contributed by atoms with E-state index in [9.17, 15) is 4.79 Å². The summed E-state index contributed by atoms with van der Waals surface area (Å²) in [5.74, 6) is 0.167. The summed E-state index contributed by atoms with van der Waals surface area (Å²) in [5.41, 5.74) is 3.49. The minimum Gasteiger partial charge on any atom is -0.300 e. The number of ketones is 1. The van der Waals surface area contributed by atoms with Crippen molar-refractivity contribution in [2.75, 3.05) is 0 Å². The fourth-order valence-electron chi connectivity index (χ4n) is 0.756. The predicted molar refractivity (Wildman–Crippen MR) is 54.8 cm³/mol. The second kappa shape index (κ2) is 5.46. The zero-order valence-electron chi connectivity index (χ0n) is 9.01. The lowest BCUT2D eigenvalue weighted by Crippen LogP contribution is -1.87. The van der Waals surface area contributed by atoms with Gasteiger partial charge < -0.3 is 4.79 Å². The van der Waals surface area contributed by atoms with Gasteiger partial charge in [0, 0.05) is 11.4 Å². The molecule has 0 aromatic carbocycles. The van der Waals surface area contributed by atoms with E-state index in [0.717, 1.165) is 11.4 Å². The second-order valence-corrected chi connectivity index (χ2v) is 3.26. The summed E-state index contributed by atoms with van der Waals surface area (Å²) < 4.78 is 0. The first-order valence-electron chi connectivity index (χ1n) is 4.31. The summed E-state index contributed by atoms with van der Waals surface area (Å²) in [6.07, 6.45) is 0. The maximum Gasteiger partial charge on any atom is 0.126 e. The number of aromatic nitrogens is 1. The van der Waals surface area contributed by atoms with Crippen molar-refractivity contribution in [2.45, 2.75) is 34.6 Å². The third kappa shape index (κ3) is 6.02. The van der Waals surface area contributed by atoms with Crippen molar-refractivity contribution < 1.29 is 4.79 Å². The number of carbonyl (C=O) groups is 1. The lowest BCUT2D eigenvalue weighted by Gasteiger charge is -1.97. The fourth-order valence-corrected chi connectivity index (χ4v) is 0.756. The van der Waals surface area contributed by atoms with Gasteiger partial charge in [-0.3, -0.25) is 4.98 Å². The van der Waals surface area contributed by atoms with Gasteiger partial charge in [-0.2, -0.15) is 0 Å². The average molecular weight is 179 g/mol. The monoisotopic (exact) mass is 179 g/mol. The number of hydrogen-bond donors (Lipinski definition) is 0. The van der Waals surface area contributed by atoms with E-state index in [1.165, 1.54) is 19.4 Å². The van der Waals surface area contributed by atoms with Crippen molar-refractivity contribution in [2.24, 2.45) is 0 Å². The first-order chi connectivity index (χ1) is 5.93. The Bertz CT molecular complexity index is 288. The van der Waals surface area contributed by atoms with Gasteiger partial charge in [-0.25, -0.2) is 0 Å². The van der Waals surface area contributed by atoms with Gasteiger partial charge >= 0.3 is 0 Å². The lowest BCUT2D eigenvalue weighted by molar-refractivity contribution is -0.114. The van der Waals surface area contributed by atoms with E-state index >= 15 is 0 Å². The van der Waals surface area contributed by atoms with Crippen molar-refractivity contribution in [3.05, 3.63) is 29.1 Å². The first kappa shape index (κ1) is 11.8. The molecule has 0 saturated carbocycles. The van der Waals surface area contributed by atoms with Crippen LogP contribution in [0.2, 0.25) is 0 Å². The van der Waals surface area contributed by atoms with Crippen molar-refractivity contribution in [3.8, 4) is 0 Å². The Hall–Kier alpha value is -1.18. The molecular formula is C11H17NO. The highest BCUT2D eigenvalue weighted by molar-refractivity contribution is 5.72. The zero-order chi connectivity index (χ0) is 10.4. The molecule has 2 heteroatoms. The van der Waals surface area contributed by atoms with Gasteiger partial charge in [0.2, 0.25) is 0 Å². The molecule has 72 valence electrons. The molecule has 0 amide bonds. The predicted octanol–water partition coefficient (Wildman–Crippen LogP) is 2.60. The van der Waals surface area contributed by atoms with Crippen molar-refractivity contribution >= 4 is 5.78 Å². The number of carbonyl (C=O) groups excluding carboxylic acids is 1. The molecule has 1 aromatic heterocycles. The van der Waals surface area contributed by atoms with Gasteiger partial charge in [0.05, 0.1) is 0 Å². The van der Waals surface area contributed by atoms with Crippen LogP contribution in [0.1, 0.15) is 30.8 Å². The lowest BCUT2D eigenvalue weighted by atomic mass is 10.2. The number of Topliss-reactive ketones (excluding diaryl/α,β-unsaturated/α-hetero) is 1. The van der Waals surface area contributed by atoms with Crippen LogP contribution in [0.5, 0.6) is 0 Å². The summed E-state index contributed by atoms with van der Waals surface area (Å²) in [7, 11) is 0. The molecular weight excluding hydrogens is 162 g/mol. The van der Waals surface area contributed by atoms with Crippen LogP contribution in [0.4, 0.5) is 0 Å². The van der Waals surface area contributed by atoms with Gasteiger partial charge in [0.1, 0.15) is 5.78 Å². The molecule has 0 atom stereocenters. The van der Waals surface area contributed by atoms with Crippen LogP contribution in [-0.2, 0) is 4.79 Å². The van der Waals surface area contributed by atoms with Gasteiger partial charge in [-0.05, 0) is 46.2 Å². The average Bonchev–Trinajstić information content (AvgIpc) is 1.96. The SMILES string of the molecule is CC(C)=O.Cc1ccc(C)c(C)n1. The summed E-state index contributed by atoms with van der Waals surface area (Å²) in [5, 5.41) is 0. The minimum absolute atomic E-state index is 0.167. The molecule has 1 rings (SSSR count). The van der Waals surface area contributed by atoms with E-state index in [-0.39, 0.29) is 5.78 Å². The van der Waals surface area contributed by atoms with Crippen molar-refractivity contribution in [3.63, 3.8) is 0 Å². The molecule has 13 heavy (non-hydrogen) atoms. The molecule has 2 nitrogen and oxygen atoms in total. The summed E-state index contributed by atoms with van der Waals surface area (Å²) in [6.45, 7) is 9.16. The molecule has 0 unspecified atom stereocenters. The fraction of sp³-hybridized carbons (Fsp3) is 0.455. The molecule has 0 radical (unpaired) electrons. The van der Waals surface area contributed by atoms with Crippen LogP contribution in [0, 0.1) is 20.8 Å². The van der Waals surface area contributed by atoms with E-state index in [1.54, 1.807) is 0 Å². The molecule has 0 spiro atoms. The van der Waals surface area contributed by atoms with Crippen molar-refractivity contribution in [1.82, 2.24) is 4.98 Å². The van der Waals surface area contributed by atoms with Gasteiger partial charge in [0.25, 0.3) is 0 Å². The highest BCUT2D eigenvalue weighted by Crippen LogP contribution is 2.02. The Morgan fingerprint density at radius 1 is 1.15 bits per heavy atom. The Morgan fingerprint density at radius 3 is 1.92 bits per heavy atom. The van der Waals surface area contributed by atoms with Crippen LogP contribution in [0.15, 0.2) is 12.1 Å². The van der Waals surface area contributed by atoms with Gasteiger partial charge in [-0.15, -0.1) is 0 Å². The molecule has 0 bridgehead atoms. The van der Waals surface area contributed by atoms with Crippen LogP contribution in [0.3, 0.4) is 0 Å². The number of pyridine rings is 1. The van der Waals surface area contributed by atoms with Crippen LogP contribution >= 0.6 is 0 Å². The molecule has 0 N–H and O–H groups in total. The van der Waals surface area contributed by atoms with Crippen LogP contribution in [0.25, 0.3) is 0 Å². The van der Waals surface area contributed by atoms with E-state index in [0.29, 0.717) is 0 Å². The first-order valence-corrected chi connectivity index (χ1v) is 4.31. The molecule has 0 aliphatic rings. The number of nitrogens with zero attached hydrogens (tertiary/aromatic N) is 1. The van der Waals surface area contributed by atoms with Crippen molar-refractivity contribution in [1.29, 1.82) is 0 Å².